The van der Waals surface area contributed by atoms with Crippen LogP contribution in [0, 0.1) is 0 Å². The smallest absolute Gasteiger partial charge is 0.269 e. The average Bonchev–Trinajstić information content (AvgIpc) is 2.36. The molecule has 0 saturated carbocycles. The van der Waals surface area contributed by atoms with Gasteiger partial charge in [0.1, 0.15) is 5.69 Å². The molecule has 0 aromatic carbocycles. The fraction of sp³-hybridized carbons (Fsp3) is 0.538. The molecular weight excluding hydrogens is 228 g/mol. The molecule has 100 valence electrons. The molecule has 0 fully saturated rings. The lowest BCUT2D eigenvalue weighted by Crippen LogP contribution is -2.48. The third-order valence-electron chi connectivity index (χ3n) is 3.18. The maximum atomic E-state index is 11.9. The largest absolute Gasteiger partial charge is 0.387 e. The van der Waals surface area contributed by atoms with E-state index in [2.05, 4.69) is 34.4 Å². The number of aromatic nitrogens is 1. The van der Waals surface area contributed by atoms with Gasteiger partial charge >= 0.3 is 0 Å². The maximum absolute atomic E-state index is 11.9. The number of nitrogens with one attached hydrogen (secondary N) is 2. The van der Waals surface area contributed by atoms with E-state index in [1.807, 2.05) is 27.2 Å². The second-order valence-corrected chi connectivity index (χ2v) is 5.07. The molecule has 1 rings (SSSR count). The summed E-state index contributed by atoms with van der Waals surface area (Å²) in [7, 11) is 5.80. The van der Waals surface area contributed by atoms with Crippen molar-refractivity contribution in [2.75, 3.05) is 33.0 Å². The van der Waals surface area contributed by atoms with Crippen molar-refractivity contribution in [2.45, 2.75) is 19.4 Å². The first-order valence-electron chi connectivity index (χ1n) is 5.96. The molecule has 0 spiro atoms. The number of carbonyl (C=O) groups is 1. The van der Waals surface area contributed by atoms with Crippen LogP contribution in [0.3, 0.4) is 0 Å². The third kappa shape index (κ3) is 3.70. The summed E-state index contributed by atoms with van der Waals surface area (Å²) >= 11 is 0. The second-order valence-electron chi connectivity index (χ2n) is 5.07. The Balaban J connectivity index is 2.60. The summed E-state index contributed by atoms with van der Waals surface area (Å²) in [5, 5.41) is 5.86. The van der Waals surface area contributed by atoms with E-state index >= 15 is 0 Å². The third-order valence-corrected chi connectivity index (χ3v) is 3.18. The first-order valence-corrected chi connectivity index (χ1v) is 5.96. The van der Waals surface area contributed by atoms with Crippen LogP contribution in [0.1, 0.15) is 24.3 Å². The van der Waals surface area contributed by atoms with Crippen molar-refractivity contribution in [3.63, 3.8) is 0 Å². The van der Waals surface area contributed by atoms with Crippen LogP contribution >= 0.6 is 0 Å². The molecule has 0 aliphatic rings. The molecule has 0 bridgehead atoms. The van der Waals surface area contributed by atoms with Crippen molar-refractivity contribution in [1.82, 2.24) is 15.2 Å². The Labute approximate surface area is 109 Å². The highest BCUT2D eigenvalue weighted by atomic mass is 16.1. The van der Waals surface area contributed by atoms with Gasteiger partial charge in [0, 0.05) is 19.1 Å². The molecule has 1 amide bonds. The zero-order chi connectivity index (χ0) is 13.8. The first kappa shape index (κ1) is 14.4. The summed E-state index contributed by atoms with van der Waals surface area (Å²) in [6.07, 6.45) is 1.64. The molecule has 2 N–H and O–H groups in total. The number of pyridine rings is 1. The number of likely N-dealkylation sites (N-methyl/N-ethyl adjacent to an activating group) is 1. The monoisotopic (exact) mass is 250 g/mol. The standard InChI is InChI=1S/C13H22N4O/c1-13(2,17(4)5)9-16-12(18)11-7-6-10(14-3)8-15-11/h6-8,14H,9H2,1-5H3,(H,16,18). The minimum absolute atomic E-state index is 0.0828. The number of hydrogen-bond acceptors (Lipinski definition) is 4. The number of anilines is 1. The van der Waals surface area contributed by atoms with Crippen molar-refractivity contribution >= 4 is 11.6 Å². The summed E-state index contributed by atoms with van der Waals surface area (Å²) in [4.78, 5) is 18.1. The van der Waals surface area contributed by atoms with E-state index in [9.17, 15) is 4.79 Å². The quantitative estimate of drug-likeness (QED) is 0.824. The van der Waals surface area contributed by atoms with Gasteiger partial charge in [-0.2, -0.15) is 0 Å². The van der Waals surface area contributed by atoms with Crippen LogP contribution in [0.15, 0.2) is 18.3 Å². The predicted molar refractivity (Wildman–Crippen MR) is 73.9 cm³/mol. The van der Waals surface area contributed by atoms with Gasteiger partial charge in [0.15, 0.2) is 0 Å². The van der Waals surface area contributed by atoms with E-state index in [0.29, 0.717) is 12.2 Å². The van der Waals surface area contributed by atoms with Gasteiger partial charge in [-0.15, -0.1) is 0 Å². The topological polar surface area (TPSA) is 57.3 Å². The Morgan fingerprint density at radius 2 is 2.06 bits per heavy atom. The molecule has 0 radical (unpaired) electrons. The Kier molecular flexibility index (Phi) is 4.67. The van der Waals surface area contributed by atoms with Crippen molar-refractivity contribution in [3.05, 3.63) is 24.0 Å². The zero-order valence-electron chi connectivity index (χ0n) is 11.7. The first-order chi connectivity index (χ1) is 8.36. The van der Waals surface area contributed by atoms with E-state index in [0.717, 1.165) is 5.69 Å². The molecule has 0 atom stereocenters. The molecule has 1 aromatic heterocycles. The lowest BCUT2D eigenvalue weighted by Gasteiger charge is -2.32. The van der Waals surface area contributed by atoms with E-state index in [-0.39, 0.29) is 11.4 Å². The van der Waals surface area contributed by atoms with E-state index in [4.69, 9.17) is 0 Å². The van der Waals surface area contributed by atoms with Crippen LogP contribution in [0.25, 0.3) is 0 Å². The number of rotatable bonds is 5. The molecule has 5 nitrogen and oxygen atoms in total. The maximum Gasteiger partial charge on any atom is 0.269 e. The summed E-state index contributed by atoms with van der Waals surface area (Å²) in [5.74, 6) is -0.146. The number of carbonyl (C=O) groups excluding carboxylic acids is 1. The Morgan fingerprint density at radius 1 is 1.39 bits per heavy atom. The molecule has 0 aliphatic heterocycles. The number of hydrogen-bond donors (Lipinski definition) is 2. The molecule has 1 heterocycles. The fourth-order valence-electron chi connectivity index (χ4n) is 1.22. The van der Waals surface area contributed by atoms with Crippen molar-refractivity contribution in [3.8, 4) is 0 Å². The zero-order valence-corrected chi connectivity index (χ0v) is 11.7. The van der Waals surface area contributed by atoms with E-state index < -0.39 is 0 Å². The van der Waals surface area contributed by atoms with Crippen molar-refractivity contribution < 1.29 is 4.79 Å². The van der Waals surface area contributed by atoms with Crippen LogP contribution in [0.4, 0.5) is 5.69 Å². The second kappa shape index (κ2) is 5.82. The van der Waals surface area contributed by atoms with Gasteiger partial charge in [0.25, 0.3) is 5.91 Å². The molecule has 1 aromatic rings. The Bertz CT molecular complexity index is 398. The van der Waals surface area contributed by atoms with E-state index in [1.165, 1.54) is 0 Å². The minimum atomic E-state index is -0.146. The van der Waals surface area contributed by atoms with Gasteiger partial charge in [0.2, 0.25) is 0 Å². The highest BCUT2D eigenvalue weighted by Crippen LogP contribution is 2.09. The van der Waals surface area contributed by atoms with E-state index in [1.54, 1.807) is 12.3 Å². The van der Waals surface area contributed by atoms with Gasteiger partial charge in [-0.25, -0.2) is 4.98 Å². The van der Waals surface area contributed by atoms with Crippen LogP contribution < -0.4 is 10.6 Å². The van der Waals surface area contributed by atoms with Gasteiger partial charge in [-0.1, -0.05) is 0 Å². The van der Waals surface area contributed by atoms with Gasteiger partial charge in [0.05, 0.1) is 11.9 Å². The van der Waals surface area contributed by atoms with Crippen molar-refractivity contribution in [1.29, 1.82) is 0 Å². The molecule has 5 heteroatoms. The van der Waals surface area contributed by atoms with Crippen LogP contribution in [-0.2, 0) is 0 Å². The summed E-state index contributed by atoms with van der Waals surface area (Å²) in [6.45, 7) is 4.73. The van der Waals surface area contributed by atoms with Gasteiger partial charge < -0.3 is 15.5 Å². The summed E-state index contributed by atoms with van der Waals surface area (Å²) in [6, 6.07) is 3.54. The van der Waals surface area contributed by atoms with Gasteiger partial charge in [-0.3, -0.25) is 4.79 Å². The highest BCUT2D eigenvalue weighted by molar-refractivity contribution is 5.92. The highest BCUT2D eigenvalue weighted by Gasteiger charge is 2.21. The van der Waals surface area contributed by atoms with Crippen LogP contribution in [-0.4, -0.2) is 49.0 Å². The van der Waals surface area contributed by atoms with Gasteiger partial charge in [-0.05, 0) is 40.1 Å². The fourth-order valence-corrected chi connectivity index (χ4v) is 1.22. The Hall–Kier alpha value is -1.62. The normalized spacial score (nSPS) is 11.4. The summed E-state index contributed by atoms with van der Waals surface area (Å²) < 4.78 is 0. The average molecular weight is 250 g/mol. The SMILES string of the molecule is CNc1ccc(C(=O)NCC(C)(C)N(C)C)nc1. The lowest BCUT2D eigenvalue weighted by atomic mass is 10.0. The summed E-state index contributed by atoms with van der Waals surface area (Å²) in [5.41, 5.74) is 1.24. The van der Waals surface area contributed by atoms with Crippen molar-refractivity contribution in [2.24, 2.45) is 0 Å². The molecule has 0 aliphatic carbocycles. The molecule has 0 unspecified atom stereocenters. The number of amides is 1. The minimum Gasteiger partial charge on any atom is -0.387 e. The predicted octanol–water partition coefficient (Wildman–Crippen LogP) is 1.19. The Morgan fingerprint density at radius 3 is 2.50 bits per heavy atom. The lowest BCUT2D eigenvalue weighted by molar-refractivity contribution is 0.0915. The number of nitrogens with zero attached hydrogens (tertiary/aromatic N) is 2. The molecule has 0 saturated heterocycles. The molecular formula is C13H22N4O. The van der Waals surface area contributed by atoms with Crippen LogP contribution in [0.2, 0.25) is 0 Å². The molecule has 18 heavy (non-hydrogen) atoms. The van der Waals surface area contributed by atoms with Crippen LogP contribution in [0.5, 0.6) is 0 Å².